The molecule has 1 aromatic heterocycles. The van der Waals surface area contributed by atoms with E-state index >= 15 is 0 Å². The van der Waals surface area contributed by atoms with Crippen LogP contribution in [0.1, 0.15) is 38.6 Å². The van der Waals surface area contributed by atoms with Gasteiger partial charge in [0.25, 0.3) is 0 Å². The van der Waals surface area contributed by atoms with Crippen molar-refractivity contribution in [2.45, 2.75) is 58.5 Å². The van der Waals surface area contributed by atoms with E-state index in [1.54, 1.807) is 11.6 Å². The lowest BCUT2D eigenvalue weighted by molar-refractivity contribution is 0.476. The highest BCUT2D eigenvalue weighted by molar-refractivity contribution is 7.89. The van der Waals surface area contributed by atoms with Gasteiger partial charge in [-0.3, -0.25) is 4.68 Å². The topological polar surface area (TPSA) is 76.0 Å². The molecule has 1 heterocycles. The average molecular weight is 316 g/mol. The second-order valence-corrected chi connectivity index (χ2v) is 7.48. The van der Waals surface area contributed by atoms with Crippen LogP contribution in [-0.4, -0.2) is 37.8 Å². The standard InChI is InChI=1S/C14H28N4O2S/c1-10(2)11(3)17-21(19,20)14-12(4)16-18(13(14)5)9-7-8-15-6/h10-11,15,17H,7-9H2,1-6H3. The van der Waals surface area contributed by atoms with E-state index in [1.165, 1.54) is 0 Å². The highest BCUT2D eigenvalue weighted by Crippen LogP contribution is 2.20. The molecule has 21 heavy (non-hydrogen) atoms. The highest BCUT2D eigenvalue weighted by atomic mass is 32.2. The Labute approximate surface area is 128 Å². The fourth-order valence-corrected chi connectivity index (χ4v) is 3.94. The average Bonchev–Trinajstić information content (AvgIpc) is 2.64. The largest absolute Gasteiger partial charge is 0.320 e. The van der Waals surface area contributed by atoms with Crippen molar-refractivity contribution in [2.75, 3.05) is 13.6 Å². The number of aryl methyl sites for hydroxylation is 2. The molecular formula is C14H28N4O2S. The Morgan fingerprint density at radius 1 is 1.24 bits per heavy atom. The molecule has 2 N–H and O–H groups in total. The number of hydrogen-bond acceptors (Lipinski definition) is 4. The summed E-state index contributed by atoms with van der Waals surface area (Å²) in [5.74, 6) is 0.242. The van der Waals surface area contributed by atoms with Crippen LogP contribution in [0, 0.1) is 19.8 Å². The van der Waals surface area contributed by atoms with Crippen molar-refractivity contribution in [3.8, 4) is 0 Å². The molecule has 1 atom stereocenters. The summed E-state index contributed by atoms with van der Waals surface area (Å²) in [6, 6.07) is -0.110. The minimum atomic E-state index is -3.52. The zero-order valence-electron chi connectivity index (χ0n) is 13.9. The molecule has 0 aliphatic heterocycles. The van der Waals surface area contributed by atoms with Crippen LogP contribution in [0.15, 0.2) is 4.90 Å². The Hall–Kier alpha value is -0.920. The van der Waals surface area contributed by atoms with Gasteiger partial charge >= 0.3 is 0 Å². The third kappa shape index (κ3) is 4.52. The van der Waals surface area contributed by atoms with Crippen molar-refractivity contribution >= 4 is 10.0 Å². The predicted molar refractivity (Wildman–Crippen MR) is 84.9 cm³/mol. The summed E-state index contributed by atoms with van der Waals surface area (Å²) < 4.78 is 29.6. The first-order valence-electron chi connectivity index (χ1n) is 7.41. The second kappa shape index (κ2) is 7.38. The molecular weight excluding hydrogens is 288 g/mol. The van der Waals surface area contributed by atoms with Crippen molar-refractivity contribution in [3.05, 3.63) is 11.4 Å². The van der Waals surface area contributed by atoms with E-state index in [2.05, 4.69) is 15.1 Å². The summed E-state index contributed by atoms with van der Waals surface area (Å²) in [4.78, 5) is 0.319. The summed E-state index contributed by atoms with van der Waals surface area (Å²) in [7, 11) is -1.63. The fourth-order valence-electron chi connectivity index (χ4n) is 2.13. The predicted octanol–water partition coefficient (Wildman–Crippen LogP) is 1.43. The minimum Gasteiger partial charge on any atom is -0.320 e. The summed E-state index contributed by atoms with van der Waals surface area (Å²) in [6.45, 7) is 11.0. The summed E-state index contributed by atoms with van der Waals surface area (Å²) in [6.07, 6.45) is 0.910. The molecule has 0 aliphatic rings. The van der Waals surface area contributed by atoms with Gasteiger partial charge in [0.15, 0.2) is 0 Å². The molecule has 1 unspecified atom stereocenters. The maximum atomic E-state index is 12.6. The molecule has 0 bridgehead atoms. The van der Waals surface area contributed by atoms with E-state index < -0.39 is 10.0 Å². The van der Waals surface area contributed by atoms with Crippen LogP contribution in [0.5, 0.6) is 0 Å². The number of nitrogens with one attached hydrogen (secondary N) is 2. The monoisotopic (exact) mass is 316 g/mol. The summed E-state index contributed by atoms with van der Waals surface area (Å²) >= 11 is 0. The quantitative estimate of drug-likeness (QED) is 0.712. The molecule has 7 heteroatoms. The first-order chi connectivity index (χ1) is 9.70. The Morgan fingerprint density at radius 3 is 2.38 bits per heavy atom. The third-order valence-corrected chi connectivity index (χ3v) is 5.53. The molecule has 6 nitrogen and oxygen atoms in total. The lowest BCUT2D eigenvalue weighted by atomic mass is 10.1. The Bertz CT molecular complexity index is 564. The second-order valence-electron chi connectivity index (χ2n) is 5.83. The first-order valence-corrected chi connectivity index (χ1v) is 8.90. The maximum Gasteiger partial charge on any atom is 0.244 e. The van der Waals surface area contributed by atoms with E-state index in [0.717, 1.165) is 13.0 Å². The lowest BCUT2D eigenvalue weighted by Gasteiger charge is -2.17. The van der Waals surface area contributed by atoms with Gasteiger partial charge in [-0.1, -0.05) is 13.8 Å². The molecule has 0 aliphatic carbocycles. The molecule has 0 spiro atoms. The van der Waals surface area contributed by atoms with Crippen LogP contribution in [0.25, 0.3) is 0 Å². The summed E-state index contributed by atoms with van der Waals surface area (Å²) in [5, 5.41) is 7.45. The molecule has 0 aromatic carbocycles. The van der Waals surface area contributed by atoms with Gasteiger partial charge < -0.3 is 5.32 Å². The minimum absolute atomic E-state index is 0.110. The molecule has 0 saturated heterocycles. The third-order valence-electron chi connectivity index (χ3n) is 3.72. The van der Waals surface area contributed by atoms with Crippen molar-refractivity contribution in [2.24, 2.45) is 5.92 Å². The van der Waals surface area contributed by atoms with Gasteiger partial charge in [0.2, 0.25) is 10.0 Å². The van der Waals surface area contributed by atoms with E-state index in [9.17, 15) is 8.42 Å². The van der Waals surface area contributed by atoms with Gasteiger partial charge in [0.05, 0.1) is 11.4 Å². The van der Waals surface area contributed by atoms with E-state index in [4.69, 9.17) is 0 Å². The van der Waals surface area contributed by atoms with E-state index in [-0.39, 0.29) is 12.0 Å². The van der Waals surface area contributed by atoms with Gasteiger partial charge in [-0.15, -0.1) is 0 Å². The summed E-state index contributed by atoms with van der Waals surface area (Å²) in [5.41, 5.74) is 1.26. The van der Waals surface area contributed by atoms with Crippen LogP contribution in [0.3, 0.4) is 0 Å². The zero-order chi connectivity index (χ0) is 16.2. The molecule has 1 rings (SSSR count). The Balaban J connectivity index is 3.02. The zero-order valence-corrected chi connectivity index (χ0v) is 14.7. The van der Waals surface area contributed by atoms with Gasteiger partial charge in [-0.2, -0.15) is 5.10 Å². The van der Waals surface area contributed by atoms with Crippen LogP contribution < -0.4 is 10.0 Å². The van der Waals surface area contributed by atoms with Gasteiger partial charge in [-0.05, 0) is 46.7 Å². The van der Waals surface area contributed by atoms with Crippen LogP contribution in [0.4, 0.5) is 0 Å². The molecule has 1 aromatic rings. The van der Waals surface area contributed by atoms with Gasteiger partial charge in [0.1, 0.15) is 4.90 Å². The Morgan fingerprint density at radius 2 is 1.86 bits per heavy atom. The number of nitrogens with zero attached hydrogens (tertiary/aromatic N) is 2. The van der Waals surface area contributed by atoms with E-state index in [1.807, 2.05) is 34.7 Å². The smallest absolute Gasteiger partial charge is 0.244 e. The number of hydrogen-bond donors (Lipinski definition) is 2. The van der Waals surface area contributed by atoms with Gasteiger partial charge in [-0.25, -0.2) is 13.1 Å². The van der Waals surface area contributed by atoms with Crippen molar-refractivity contribution in [1.82, 2.24) is 19.8 Å². The number of aromatic nitrogens is 2. The molecule has 0 fully saturated rings. The van der Waals surface area contributed by atoms with Crippen LogP contribution >= 0.6 is 0 Å². The Kier molecular flexibility index (Phi) is 6.37. The van der Waals surface area contributed by atoms with E-state index in [0.29, 0.717) is 22.8 Å². The fraction of sp³-hybridized carbons (Fsp3) is 0.786. The molecule has 0 amide bonds. The number of sulfonamides is 1. The maximum absolute atomic E-state index is 12.6. The normalized spacial score (nSPS) is 13.9. The number of rotatable bonds is 8. The van der Waals surface area contributed by atoms with Crippen molar-refractivity contribution < 1.29 is 8.42 Å². The SMILES string of the molecule is CNCCCn1nc(C)c(S(=O)(=O)NC(C)C(C)C)c1C. The lowest BCUT2D eigenvalue weighted by Crippen LogP contribution is -2.36. The molecule has 0 saturated carbocycles. The van der Waals surface area contributed by atoms with Crippen LogP contribution in [-0.2, 0) is 16.6 Å². The van der Waals surface area contributed by atoms with Crippen molar-refractivity contribution in [3.63, 3.8) is 0 Å². The van der Waals surface area contributed by atoms with Crippen LogP contribution in [0.2, 0.25) is 0 Å². The molecule has 0 radical (unpaired) electrons. The first kappa shape index (κ1) is 18.1. The highest BCUT2D eigenvalue weighted by Gasteiger charge is 2.26. The molecule has 122 valence electrons. The van der Waals surface area contributed by atoms with Crippen molar-refractivity contribution in [1.29, 1.82) is 0 Å². The van der Waals surface area contributed by atoms with Gasteiger partial charge in [0, 0.05) is 12.6 Å².